The lowest BCUT2D eigenvalue weighted by atomic mass is 9.50. The second-order valence-electron chi connectivity index (χ2n) is 14.7. The average Bonchev–Trinajstić information content (AvgIpc) is 2.85. The van der Waals surface area contributed by atoms with Gasteiger partial charge in [-0.05, 0) is 70.6 Å². The van der Waals surface area contributed by atoms with Gasteiger partial charge in [-0.3, -0.25) is 0 Å². The molecule has 0 spiro atoms. The molecule has 0 N–H and O–H groups in total. The van der Waals surface area contributed by atoms with E-state index in [4.69, 9.17) is 23.7 Å². The van der Waals surface area contributed by atoms with Crippen molar-refractivity contribution in [1.82, 2.24) is 0 Å². The summed E-state index contributed by atoms with van der Waals surface area (Å²) in [6, 6.07) is 0. The standard InChI is InChI=1S/C34H56O6/c1-5-30(23-36-24-30)13-9-7-11-15-38-32-17-28-18-33(20-32,22-34(19-28,21-32)40-29(35)27(3)4)39-16-12-8-10-14-31(6-2)25-37-26-31/h28H,3,5-26H2,1-2,4H3. The van der Waals surface area contributed by atoms with Gasteiger partial charge in [0.25, 0.3) is 0 Å². The molecule has 0 amide bonds. The summed E-state index contributed by atoms with van der Waals surface area (Å²) in [5.41, 5.74) is 0.396. The molecule has 0 aromatic carbocycles. The number of carbonyl (C=O) groups is 1. The van der Waals surface area contributed by atoms with Gasteiger partial charge in [-0.2, -0.15) is 0 Å². The molecular weight excluding hydrogens is 504 g/mol. The third-order valence-corrected chi connectivity index (χ3v) is 11.2. The first-order chi connectivity index (χ1) is 19.2. The zero-order valence-electron chi connectivity index (χ0n) is 25.8. The van der Waals surface area contributed by atoms with Crippen molar-refractivity contribution in [3.63, 3.8) is 0 Å². The van der Waals surface area contributed by atoms with Gasteiger partial charge in [-0.15, -0.1) is 0 Å². The lowest BCUT2D eigenvalue weighted by molar-refractivity contribution is -0.283. The molecule has 228 valence electrons. The van der Waals surface area contributed by atoms with Crippen LogP contribution in [0.1, 0.15) is 124 Å². The average molecular weight is 561 g/mol. The van der Waals surface area contributed by atoms with Gasteiger partial charge >= 0.3 is 5.97 Å². The summed E-state index contributed by atoms with van der Waals surface area (Å²) in [5.74, 6) is 0.224. The summed E-state index contributed by atoms with van der Waals surface area (Å²) >= 11 is 0. The molecule has 6 fully saturated rings. The number of ether oxygens (including phenoxy) is 5. The Kier molecular flexibility index (Phi) is 9.41. The SMILES string of the molecule is C=C(C)C(=O)OC12CC3CC(OCCCCCC4(CC)COC4)(CC(OCCCCCC4(CC)COC4)(C3)C1)C2. The predicted octanol–water partition coefficient (Wildman–Crippen LogP) is 7.33. The van der Waals surface area contributed by atoms with E-state index < -0.39 is 5.60 Å². The highest BCUT2D eigenvalue weighted by Gasteiger charge is 2.66. The third-order valence-electron chi connectivity index (χ3n) is 11.2. The van der Waals surface area contributed by atoms with Crippen LogP contribution in [0.25, 0.3) is 0 Å². The van der Waals surface area contributed by atoms with Gasteiger partial charge in [0.15, 0.2) is 0 Å². The Balaban J connectivity index is 1.14. The minimum atomic E-state index is -0.481. The first-order valence-corrected chi connectivity index (χ1v) is 16.5. The minimum Gasteiger partial charge on any atom is -0.455 e. The molecular formula is C34H56O6. The van der Waals surface area contributed by atoms with Crippen LogP contribution in [0.15, 0.2) is 12.2 Å². The monoisotopic (exact) mass is 560 g/mol. The van der Waals surface area contributed by atoms with Crippen LogP contribution in [0.4, 0.5) is 0 Å². The Morgan fingerprint density at radius 2 is 1.18 bits per heavy atom. The maximum atomic E-state index is 12.8. The van der Waals surface area contributed by atoms with Crippen LogP contribution in [-0.2, 0) is 28.5 Å². The molecule has 2 unspecified atom stereocenters. The molecule has 6 nitrogen and oxygen atoms in total. The molecule has 2 aliphatic heterocycles. The molecule has 0 radical (unpaired) electrons. The molecule has 2 heterocycles. The van der Waals surface area contributed by atoms with Gasteiger partial charge in [-0.1, -0.05) is 46.1 Å². The van der Waals surface area contributed by atoms with Crippen LogP contribution in [0.3, 0.4) is 0 Å². The van der Waals surface area contributed by atoms with Crippen LogP contribution < -0.4 is 0 Å². The second-order valence-corrected chi connectivity index (χ2v) is 14.7. The lowest BCUT2D eigenvalue weighted by Gasteiger charge is -2.64. The van der Waals surface area contributed by atoms with Crippen LogP contribution in [0.2, 0.25) is 0 Å². The van der Waals surface area contributed by atoms with Crippen molar-refractivity contribution < 1.29 is 28.5 Å². The van der Waals surface area contributed by atoms with Crippen molar-refractivity contribution in [2.24, 2.45) is 16.7 Å². The normalized spacial score (nSPS) is 34.7. The summed E-state index contributed by atoms with van der Waals surface area (Å²) < 4.78 is 30.9. The first-order valence-electron chi connectivity index (χ1n) is 16.5. The highest BCUT2D eigenvalue weighted by atomic mass is 16.6. The Bertz CT molecular complexity index is 828. The van der Waals surface area contributed by atoms with Crippen LogP contribution in [-0.4, -0.2) is 62.4 Å². The van der Waals surface area contributed by atoms with Crippen molar-refractivity contribution in [3.8, 4) is 0 Å². The molecule has 6 heteroatoms. The van der Waals surface area contributed by atoms with E-state index in [0.29, 0.717) is 22.3 Å². The largest absolute Gasteiger partial charge is 0.455 e. The van der Waals surface area contributed by atoms with Crippen molar-refractivity contribution in [2.75, 3.05) is 39.6 Å². The lowest BCUT2D eigenvalue weighted by Crippen LogP contribution is -2.68. The van der Waals surface area contributed by atoms with Gasteiger partial charge in [0.1, 0.15) is 5.60 Å². The number of esters is 1. The Labute approximate surface area is 243 Å². The highest BCUT2D eigenvalue weighted by Crippen LogP contribution is 2.63. The van der Waals surface area contributed by atoms with E-state index in [1.165, 1.54) is 51.4 Å². The minimum absolute atomic E-state index is 0.237. The van der Waals surface area contributed by atoms with Gasteiger partial charge in [-0.25, -0.2) is 4.79 Å². The van der Waals surface area contributed by atoms with E-state index in [9.17, 15) is 4.79 Å². The van der Waals surface area contributed by atoms with Crippen molar-refractivity contribution in [3.05, 3.63) is 12.2 Å². The summed E-state index contributed by atoms with van der Waals surface area (Å²) in [6.07, 6.45) is 17.7. The fourth-order valence-corrected chi connectivity index (χ4v) is 8.86. The second kappa shape index (κ2) is 12.3. The molecule has 4 bridgehead atoms. The van der Waals surface area contributed by atoms with Gasteiger partial charge in [0.2, 0.25) is 0 Å². The number of rotatable bonds is 18. The molecule has 6 aliphatic rings. The Morgan fingerprint density at radius 3 is 1.57 bits per heavy atom. The summed E-state index contributed by atoms with van der Waals surface area (Å²) in [5, 5.41) is 0. The predicted molar refractivity (Wildman–Crippen MR) is 156 cm³/mol. The number of unbranched alkanes of at least 4 members (excludes halogenated alkanes) is 4. The summed E-state index contributed by atoms with van der Waals surface area (Å²) in [4.78, 5) is 12.8. The maximum absolute atomic E-state index is 12.8. The summed E-state index contributed by atoms with van der Waals surface area (Å²) in [6.45, 7) is 15.5. The van der Waals surface area contributed by atoms with E-state index in [1.54, 1.807) is 6.92 Å². The molecule has 0 aromatic heterocycles. The molecule has 0 aromatic rings. The molecule has 2 saturated heterocycles. The number of hydrogen-bond donors (Lipinski definition) is 0. The van der Waals surface area contributed by atoms with Crippen LogP contribution >= 0.6 is 0 Å². The summed E-state index contributed by atoms with van der Waals surface area (Å²) in [7, 11) is 0. The maximum Gasteiger partial charge on any atom is 0.333 e. The van der Waals surface area contributed by atoms with E-state index in [0.717, 1.165) is 91.0 Å². The van der Waals surface area contributed by atoms with Gasteiger partial charge in [0.05, 0.1) is 37.6 Å². The van der Waals surface area contributed by atoms with Gasteiger partial charge in [0, 0.05) is 48.9 Å². The zero-order chi connectivity index (χ0) is 28.3. The Hall–Kier alpha value is -0.950. The van der Waals surface area contributed by atoms with Gasteiger partial charge < -0.3 is 23.7 Å². The molecule has 2 atom stereocenters. The van der Waals surface area contributed by atoms with Crippen LogP contribution in [0, 0.1) is 16.7 Å². The van der Waals surface area contributed by atoms with Crippen molar-refractivity contribution in [2.45, 2.75) is 140 Å². The van der Waals surface area contributed by atoms with Crippen LogP contribution in [0.5, 0.6) is 0 Å². The fraction of sp³-hybridized carbons (Fsp3) is 0.912. The Morgan fingerprint density at radius 1 is 0.725 bits per heavy atom. The smallest absolute Gasteiger partial charge is 0.333 e. The molecule has 4 saturated carbocycles. The zero-order valence-corrected chi connectivity index (χ0v) is 25.8. The van der Waals surface area contributed by atoms with E-state index >= 15 is 0 Å². The topological polar surface area (TPSA) is 63.2 Å². The fourth-order valence-electron chi connectivity index (χ4n) is 8.86. The molecule has 4 aliphatic carbocycles. The van der Waals surface area contributed by atoms with E-state index in [2.05, 4.69) is 20.4 Å². The quantitative estimate of drug-likeness (QED) is 0.0994. The third kappa shape index (κ3) is 6.66. The van der Waals surface area contributed by atoms with E-state index in [1.807, 2.05) is 0 Å². The highest BCUT2D eigenvalue weighted by molar-refractivity contribution is 5.87. The van der Waals surface area contributed by atoms with Crippen molar-refractivity contribution >= 4 is 5.97 Å². The first kappa shape index (κ1) is 30.5. The van der Waals surface area contributed by atoms with Crippen molar-refractivity contribution in [1.29, 1.82) is 0 Å². The van der Waals surface area contributed by atoms with E-state index in [-0.39, 0.29) is 17.2 Å². The number of carbonyl (C=O) groups excluding carboxylic acids is 1. The molecule has 6 rings (SSSR count). The number of hydrogen-bond acceptors (Lipinski definition) is 6. The molecule has 40 heavy (non-hydrogen) atoms.